The average Bonchev–Trinajstić information content (AvgIpc) is 2.83. The van der Waals surface area contributed by atoms with Crippen LogP contribution in [0.2, 0.25) is 0 Å². The first kappa shape index (κ1) is 25.7. The molecule has 0 aliphatic heterocycles. The third-order valence-electron chi connectivity index (χ3n) is 5.50. The van der Waals surface area contributed by atoms with E-state index in [1.165, 1.54) is 12.1 Å². The van der Waals surface area contributed by atoms with Crippen molar-refractivity contribution in [3.05, 3.63) is 77.1 Å². The Balaban J connectivity index is 2.08. The van der Waals surface area contributed by atoms with E-state index in [0.29, 0.717) is 35.7 Å². The number of hydrogen-bond acceptors (Lipinski definition) is 3. The van der Waals surface area contributed by atoms with Crippen LogP contribution < -0.4 is 15.4 Å². The summed E-state index contributed by atoms with van der Waals surface area (Å²) < 4.78 is 20.2. The molecular weight excluding hydrogens is 447 g/mol. The van der Waals surface area contributed by atoms with Gasteiger partial charge in [-0.25, -0.2) is 14.0 Å². The van der Waals surface area contributed by atoms with Gasteiger partial charge in [0.25, 0.3) is 0 Å². The van der Waals surface area contributed by atoms with Crippen LogP contribution in [0.3, 0.4) is 0 Å². The number of halogens is 1. The number of carbonyl (C=O) groups excluding carboxylic acids is 1. The summed E-state index contributed by atoms with van der Waals surface area (Å²) in [6, 6.07) is 14.0. The quantitative estimate of drug-likeness (QED) is 0.286. The number of rotatable bonds is 10. The molecule has 3 aromatic carbocycles. The number of aryl methyl sites for hydroxylation is 2. The molecule has 3 aromatic rings. The van der Waals surface area contributed by atoms with Crippen LogP contribution in [-0.4, -0.2) is 23.7 Å². The molecule has 0 unspecified atom stereocenters. The molecule has 7 heteroatoms. The summed E-state index contributed by atoms with van der Waals surface area (Å²) >= 11 is 0. The highest BCUT2D eigenvalue weighted by Crippen LogP contribution is 2.37. The first-order valence-corrected chi connectivity index (χ1v) is 11.8. The molecule has 3 N–H and O–H groups in total. The van der Waals surface area contributed by atoms with E-state index in [1.807, 2.05) is 32.0 Å². The second-order valence-electron chi connectivity index (χ2n) is 8.40. The van der Waals surface area contributed by atoms with Gasteiger partial charge in [-0.15, -0.1) is 0 Å². The van der Waals surface area contributed by atoms with Crippen LogP contribution in [0.25, 0.3) is 11.1 Å². The molecular formula is C28H31FN2O4. The zero-order valence-electron chi connectivity index (χ0n) is 20.3. The van der Waals surface area contributed by atoms with Crippen molar-refractivity contribution >= 4 is 23.4 Å². The van der Waals surface area contributed by atoms with Crippen molar-refractivity contribution in [1.29, 1.82) is 0 Å². The molecule has 2 amide bonds. The number of unbranched alkanes of at least 4 members (excludes halogenated alkanes) is 1. The standard InChI is InChI=1S/C28H31FN2O4/c1-4-6-7-19-15-20(24-17-21(29)10-13-23(24)27(32)33)16-25(26(19)35-14-5-2)31-28(34)30-22-11-8-18(3)9-12-22/h8-13,15-17H,4-7,14H2,1-3H3,(H,32,33)(H2,30,31,34). The number of aromatic carboxylic acids is 1. The number of carboxylic acid groups (broad SMARTS) is 1. The van der Waals surface area contributed by atoms with Crippen molar-refractivity contribution in [1.82, 2.24) is 0 Å². The number of carboxylic acids is 1. The van der Waals surface area contributed by atoms with Gasteiger partial charge < -0.3 is 20.5 Å². The Kier molecular flexibility index (Phi) is 8.84. The number of anilines is 2. The van der Waals surface area contributed by atoms with Crippen LogP contribution in [0.15, 0.2) is 54.6 Å². The lowest BCUT2D eigenvalue weighted by Crippen LogP contribution is -2.20. The fourth-order valence-corrected chi connectivity index (χ4v) is 3.73. The number of benzene rings is 3. The van der Waals surface area contributed by atoms with E-state index in [1.54, 1.807) is 18.2 Å². The van der Waals surface area contributed by atoms with E-state index in [2.05, 4.69) is 17.6 Å². The molecule has 0 bridgehead atoms. The highest BCUT2D eigenvalue weighted by Gasteiger charge is 2.19. The molecule has 0 heterocycles. The minimum atomic E-state index is -1.16. The minimum absolute atomic E-state index is 0.0230. The Bertz CT molecular complexity index is 1190. The monoisotopic (exact) mass is 478 g/mol. The number of amides is 2. The number of ether oxygens (including phenoxy) is 1. The topological polar surface area (TPSA) is 87.7 Å². The Hall–Kier alpha value is -3.87. The maximum atomic E-state index is 14.1. The highest BCUT2D eigenvalue weighted by molar-refractivity contribution is 6.02. The third kappa shape index (κ3) is 6.82. The molecule has 3 rings (SSSR count). The van der Waals surface area contributed by atoms with Crippen LogP contribution >= 0.6 is 0 Å². The molecule has 184 valence electrons. The number of carbonyl (C=O) groups is 2. The zero-order chi connectivity index (χ0) is 25.4. The van der Waals surface area contributed by atoms with Crippen LogP contribution in [0, 0.1) is 12.7 Å². The Labute approximate surface area is 205 Å². The van der Waals surface area contributed by atoms with Gasteiger partial charge in [0.15, 0.2) is 0 Å². The van der Waals surface area contributed by atoms with Crippen molar-refractivity contribution < 1.29 is 23.8 Å². The molecule has 0 aliphatic rings. The first-order chi connectivity index (χ1) is 16.8. The van der Waals surface area contributed by atoms with E-state index in [4.69, 9.17) is 4.74 Å². The number of urea groups is 1. The predicted molar refractivity (Wildman–Crippen MR) is 137 cm³/mol. The maximum absolute atomic E-state index is 14.1. The SMILES string of the molecule is CCCCc1cc(-c2cc(F)ccc2C(=O)O)cc(NC(=O)Nc2ccc(C)cc2)c1OCCC. The van der Waals surface area contributed by atoms with Crippen molar-refractivity contribution in [3.8, 4) is 16.9 Å². The fourth-order valence-electron chi connectivity index (χ4n) is 3.73. The Morgan fingerprint density at radius 2 is 1.71 bits per heavy atom. The summed E-state index contributed by atoms with van der Waals surface area (Å²) in [5.74, 6) is -1.16. The van der Waals surface area contributed by atoms with Gasteiger partial charge in [-0.3, -0.25) is 0 Å². The normalized spacial score (nSPS) is 10.6. The number of hydrogen-bond donors (Lipinski definition) is 3. The van der Waals surface area contributed by atoms with Gasteiger partial charge in [0.05, 0.1) is 17.9 Å². The molecule has 0 radical (unpaired) electrons. The molecule has 0 aliphatic carbocycles. The molecule has 0 saturated heterocycles. The Morgan fingerprint density at radius 3 is 2.37 bits per heavy atom. The second kappa shape index (κ2) is 12.0. The van der Waals surface area contributed by atoms with Gasteiger partial charge >= 0.3 is 12.0 Å². The largest absolute Gasteiger partial charge is 0.491 e. The smallest absolute Gasteiger partial charge is 0.336 e. The minimum Gasteiger partial charge on any atom is -0.491 e. The lowest BCUT2D eigenvalue weighted by Gasteiger charge is -2.19. The first-order valence-electron chi connectivity index (χ1n) is 11.8. The Morgan fingerprint density at radius 1 is 0.971 bits per heavy atom. The summed E-state index contributed by atoms with van der Waals surface area (Å²) in [5.41, 5.74) is 3.62. The lowest BCUT2D eigenvalue weighted by atomic mass is 9.95. The summed E-state index contributed by atoms with van der Waals surface area (Å²) in [4.78, 5) is 24.7. The summed E-state index contributed by atoms with van der Waals surface area (Å²) in [7, 11) is 0. The molecule has 6 nitrogen and oxygen atoms in total. The van der Waals surface area contributed by atoms with Gasteiger partial charge in [-0.05, 0) is 85.3 Å². The molecule has 0 fully saturated rings. The lowest BCUT2D eigenvalue weighted by molar-refractivity contribution is 0.0697. The van der Waals surface area contributed by atoms with Gasteiger partial charge in [0.1, 0.15) is 11.6 Å². The molecule has 0 aromatic heterocycles. The highest BCUT2D eigenvalue weighted by atomic mass is 19.1. The van der Waals surface area contributed by atoms with E-state index in [0.717, 1.165) is 36.5 Å². The van der Waals surface area contributed by atoms with Crippen molar-refractivity contribution in [2.75, 3.05) is 17.2 Å². The van der Waals surface area contributed by atoms with E-state index in [9.17, 15) is 19.1 Å². The summed E-state index contributed by atoms with van der Waals surface area (Å²) in [6.45, 7) is 6.47. The van der Waals surface area contributed by atoms with Crippen LogP contribution in [0.1, 0.15) is 54.6 Å². The van der Waals surface area contributed by atoms with E-state index >= 15 is 0 Å². The maximum Gasteiger partial charge on any atom is 0.336 e. The van der Waals surface area contributed by atoms with Crippen LogP contribution in [0.4, 0.5) is 20.6 Å². The van der Waals surface area contributed by atoms with Gasteiger partial charge in [-0.2, -0.15) is 0 Å². The molecule has 0 saturated carbocycles. The van der Waals surface area contributed by atoms with Crippen LogP contribution in [-0.2, 0) is 6.42 Å². The zero-order valence-corrected chi connectivity index (χ0v) is 20.3. The van der Waals surface area contributed by atoms with Gasteiger partial charge in [-0.1, -0.05) is 38.0 Å². The summed E-state index contributed by atoms with van der Waals surface area (Å²) in [5, 5.41) is 15.3. The summed E-state index contributed by atoms with van der Waals surface area (Å²) in [6.07, 6.45) is 3.25. The van der Waals surface area contributed by atoms with E-state index < -0.39 is 17.8 Å². The van der Waals surface area contributed by atoms with Crippen molar-refractivity contribution in [2.45, 2.75) is 46.5 Å². The third-order valence-corrected chi connectivity index (χ3v) is 5.50. The van der Waals surface area contributed by atoms with Crippen LogP contribution in [0.5, 0.6) is 5.75 Å². The van der Waals surface area contributed by atoms with Gasteiger partial charge in [0, 0.05) is 5.69 Å². The molecule has 0 atom stereocenters. The van der Waals surface area contributed by atoms with Crippen molar-refractivity contribution in [2.24, 2.45) is 0 Å². The van der Waals surface area contributed by atoms with E-state index in [-0.39, 0.29) is 11.1 Å². The van der Waals surface area contributed by atoms with Gasteiger partial charge in [0.2, 0.25) is 0 Å². The second-order valence-corrected chi connectivity index (χ2v) is 8.40. The molecule has 35 heavy (non-hydrogen) atoms. The molecule has 0 spiro atoms. The number of nitrogens with one attached hydrogen (secondary N) is 2. The predicted octanol–water partition coefficient (Wildman–Crippen LogP) is 7.27. The average molecular weight is 479 g/mol. The fraction of sp³-hybridized carbons (Fsp3) is 0.286. The van der Waals surface area contributed by atoms with Crippen molar-refractivity contribution in [3.63, 3.8) is 0 Å².